The molecule has 0 saturated heterocycles. The first-order valence-corrected chi connectivity index (χ1v) is 11.1. The first kappa shape index (κ1) is 25.3. The van der Waals surface area contributed by atoms with Crippen LogP contribution in [0.5, 0.6) is 0 Å². The Morgan fingerprint density at radius 3 is 2.44 bits per heavy atom. The highest BCUT2D eigenvalue weighted by atomic mass is 19.4. The normalized spacial score (nSPS) is 13.5. The number of hydrogen-bond acceptors (Lipinski definition) is 5. The van der Waals surface area contributed by atoms with Crippen LogP contribution in [0.4, 0.5) is 17.6 Å². The Hall–Kier alpha value is -3.79. The smallest absolute Gasteiger partial charge is 0.416 e. The number of alkyl halides is 3. The van der Waals surface area contributed by atoms with Crippen LogP contribution >= 0.6 is 0 Å². The van der Waals surface area contributed by atoms with Crippen molar-refractivity contribution in [3.63, 3.8) is 0 Å². The molecule has 0 unspecified atom stereocenters. The number of aromatic nitrogens is 3. The van der Waals surface area contributed by atoms with Crippen LogP contribution in [-0.2, 0) is 34.1 Å². The highest BCUT2D eigenvalue weighted by molar-refractivity contribution is 5.84. The van der Waals surface area contributed by atoms with Crippen molar-refractivity contribution in [1.82, 2.24) is 19.9 Å². The number of nitrogens with zero attached hydrogens (tertiary/aromatic N) is 3. The van der Waals surface area contributed by atoms with Gasteiger partial charge in [0.1, 0.15) is 11.2 Å². The van der Waals surface area contributed by atoms with E-state index in [-0.39, 0.29) is 6.42 Å². The molecule has 0 fully saturated rings. The molecular formula is C26H24F4N4O2. The van der Waals surface area contributed by atoms with Crippen LogP contribution in [0.1, 0.15) is 29.4 Å². The van der Waals surface area contributed by atoms with Crippen LogP contribution < -0.4 is 5.32 Å². The molecule has 0 aliphatic carbocycles. The Kier molecular flexibility index (Phi) is 6.81. The van der Waals surface area contributed by atoms with Gasteiger partial charge in [-0.3, -0.25) is 4.79 Å². The zero-order chi connectivity index (χ0) is 26.1. The summed E-state index contributed by atoms with van der Waals surface area (Å²) in [5.41, 5.74) is 0.930. The molecule has 2 heterocycles. The molecule has 4 aromatic rings. The van der Waals surface area contributed by atoms with Crippen molar-refractivity contribution in [1.29, 1.82) is 0 Å². The number of hydrogen-bond donors (Lipinski definition) is 1. The third kappa shape index (κ3) is 4.68. The van der Waals surface area contributed by atoms with Crippen LogP contribution in [0.25, 0.3) is 16.8 Å². The van der Waals surface area contributed by atoms with Crippen molar-refractivity contribution in [3.05, 3.63) is 89.1 Å². The molecule has 0 radical (unpaired) electrons. The van der Waals surface area contributed by atoms with Crippen LogP contribution in [0.2, 0.25) is 0 Å². The Bertz CT molecular complexity index is 1400. The molecule has 0 amide bonds. The van der Waals surface area contributed by atoms with Gasteiger partial charge in [0.2, 0.25) is 0 Å². The SMILES string of the molecule is CNCc1nn2c([C@@](C)(Cc3cccc(F)c3)C(=O)OC)ccnc2c1-c1ccc(C(F)(F)F)cc1. The summed E-state index contributed by atoms with van der Waals surface area (Å²) in [5, 5.41) is 7.69. The van der Waals surface area contributed by atoms with E-state index in [0.717, 1.165) is 12.1 Å². The lowest BCUT2D eigenvalue weighted by Crippen LogP contribution is -2.38. The fourth-order valence-corrected chi connectivity index (χ4v) is 4.37. The fraction of sp³-hybridized carbons (Fsp3) is 0.269. The van der Waals surface area contributed by atoms with Gasteiger partial charge in [0.15, 0.2) is 5.65 Å². The minimum Gasteiger partial charge on any atom is -0.468 e. The molecule has 0 saturated carbocycles. The third-order valence-corrected chi connectivity index (χ3v) is 6.08. The van der Waals surface area contributed by atoms with Gasteiger partial charge in [-0.1, -0.05) is 24.3 Å². The van der Waals surface area contributed by atoms with E-state index in [4.69, 9.17) is 4.74 Å². The maximum atomic E-state index is 13.9. The van der Waals surface area contributed by atoms with E-state index in [1.54, 1.807) is 32.2 Å². The number of halogens is 4. The second kappa shape index (κ2) is 9.69. The van der Waals surface area contributed by atoms with E-state index < -0.39 is 28.9 Å². The quantitative estimate of drug-likeness (QED) is 0.287. The van der Waals surface area contributed by atoms with Crippen LogP contribution in [0.3, 0.4) is 0 Å². The molecule has 4 rings (SSSR count). The molecule has 0 aliphatic heterocycles. The first-order valence-electron chi connectivity index (χ1n) is 11.1. The van der Waals surface area contributed by atoms with Gasteiger partial charge in [-0.2, -0.15) is 18.3 Å². The predicted octanol–water partition coefficient (Wildman–Crippen LogP) is 4.95. The largest absolute Gasteiger partial charge is 0.468 e. The van der Waals surface area contributed by atoms with Crippen LogP contribution in [-0.4, -0.2) is 34.7 Å². The van der Waals surface area contributed by atoms with Crippen molar-refractivity contribution >= 4 is 11.6 Å². The van der Waals surface area contributed by atoms with Gasteiger partial charge < -0.3 is 10.1 Å². The van der Waals surface area contributed by atoms with E-state index in [1.165, 1.54) is 42.1 Å². The summed E-state index contributed by atoms with van der Waals surface area (Å²) >= 11 is 0. The minimum atomic E-state index is -4.46. The summed E-state index contributed by atoms with van der Waals surface area (Å²) in [6.45, 7) is 1.98. The van der Waals surface area contributed by atoms with Crippen molar-refractivity contribution in [2.24, 2.45) is 0 Å². The maximum absolute atomic E-state index is 13.9. The average Bonchev–Trinajstić information content (AvgIpc) is 3.21. The lowest BCUT2D eigenvalue weighted by atomic mass is 9.80. The fourth-order valence-electron chi connectivity index (χ4n) is 4.37. The molecule has 2 aromatic carbocycles. The summed E-state index contributed by atoms with van der Waals surface area (Å²) in [6, 6.07) is 12.3. The molecule has 0 aliphatic rings. The second-order valence-corrected chi connectivity index (χ2v) is 8.62. The molecule has 1 N–H and O–H groups in total. The van der Waals surface area contributed by atoms with Gasteiger partial charge in [-0.25, -0.2) is 13.9 Å². The number of ether oxygens (including phenoxy) is 1. The highest BCUT2D eigenvalue weighted by Gasteiger charge is 2.40. The van der Waals surface area contributed by atoms with Gasteiger partial charge in [0.25, 0.3) is 0 Å². The third-order valence-electron chi connectivity index (χ3n) is 6.08. The van der Waals surface area contributed by atoms with Gasteiger partial charge in [0, 0.05) is 12.7 Å². The number of carbonyl (C=O) groups excluding carboxylic acids is 1. The molecule has 2 aromatic heterocycles. The van der Waals surface area contributed by atoms with E-state index in [1.807, 2.05) is 0 Å². The summed E-state index contributed by atoms with van der Waals surface area (Å²) in [4.78, 5) is 17.5. The average molecular weight is 500 g/mol. The number of fused-ring (bicyclic) bond motifs is 1. The maximum Gasteiger partial charge on any atom is 0.416 e. The lowest BCUT2D eigenvalue weighted by molar-refractivity contribution is -0.147. The molecule has 0 bridgehead atoms. The molecule has 0 spiro atoms. The first-order chi connectivity index (χ1) is 17.1. The Morgan fingerprint density at radius 1 is 1.11 bits per heavy atom. The number of methoxy groups -OCH3 is 1. The molecule has 188 valence electrons. The minimum absolute atomic E-state index is 0.118. The number of carbonyl (C=O) groups is 1. The molecule has 1 atom stereocenters. The van der Waals surface area contributed by atoms with Gasteiger partial charge in [-0.15, -0.1) is 0 Å². The summed E-state index contributed by atoms with van der Waals surface area (Å²) in [5.74, 6) is -0.986. The molecule has 36 heavy (non-hydrogen) atoms. The van der Waals surface area contributed by atoms with Crippen molar-refractivity contribution in [2.45, 2.75) is 31.5 Å². The Balaban J connectivity index is 1.91. The van der Waals surface area contributed by atoms with Gasteiger partial charge >= 0.3 is 12.1 Å². The van der Waals surface area contributed by atoms with E-state index in [2.05, 4.69) is 15.4 Å². The number of rotatable bonds is 7. The van der Waals surface area contributed by atoms with Crippen LogP contribution in [0.15, 0.2) is 60.8 Å². The molecule has 6 nitrogen and oxygen atoms in total. The molecule has 10 heteroatoms. The van der Waals surface area contributed by atoms with Crippen molar-refractivity contribution in [3.8, 4) is 11.1 Å². The van der Waals surface area contributed by atoms with E-state index >= 15 is 0 Å². The Morgan fingerprint density at radius 2 is 1.83 bits per heavy atom. The van der Waals surface area contributed by atoms with E-state index in [0.29, 0.717) is 40.3 Å². The number of benzene rings is 2. The zero-order valence-corrected chi connectivity index (χ0v) is 19.9. The number of esters is 1. The molecular weight excluding hydrogens is 476 g/mol. The van der Waals surface area contributed by atoms with E-state index in [9.17, 15) is 22.4 Å². The topological polar surface area (TPSA) is 68.5 Å². The van der Waals surface area contributed by atoms with Gasteiger partial charge in [-0.05, 0) is 61.9 Å². The monoisotopic (exact) mass is 500 g/mol. The number of nitrogens with one attached hydrogen (secondary N) is 1. The summed E-state index contributed by atoms with van der Waals surface area (Å²) in [7, 11) is 2.99. The lowest BCUT2D eigenvalue weighted by Gasteiger charge is -2.27. The standard InChI is InChI=1S/C26H24F4N4O2/c1-25(24(35)36-3,14-16-5-4-6-19(27)13-16)21-11-12-32-23-22(20(15-31-2)33-34(21)23)17-7-9-18(10-8-17)26(28,29)30/h4-13,31H,14-15H2,1-3H3/t25-/m1/s1. The second-order valence-electron chi connectivity index (χ2n) is 8.62. The summed E-state index contributed by atoms with van der Waals surface area (Å²) < 4.78 is 59.8. The highest BCUT2D eigenvalue weighted by Crippen LogP contribution is 2.36. The van der Waals surface area contributed by atoms with Crippen molar-refractivity contribution < 1.29 is 27.1 Å². The Labute approximate surface area is 204 Å². The van der Waals surface area contributed by atoms with Gasteiger partial charge in [0.05, 0.1) is 29.6 Å². The zero-order valence-electron chi connectivity index (χ0n) is 19.9. The van der Waals surface area contributed by atoms with Crippen LogP contribution in [0, 0.1) is 5.82 Å². The van der Waals surface area contributed by atoms with Crippen molar-refractivity contribution in [2.75, 3.05) is 14.2 Å². The summed E-state index contributed by atoms with van der Waals surface area (Å²) in [6.07, 6.45) is -2.83. The predicted molar refractivity (Wildman–Crippen MR) is 126 cm³/mol.